The highest BCUT2D eigenvalue weighted by molar-refractivity contribution is 7.90. The number of fused-ring (bicyclic) bond motifs is 1. The molecule has 0 spiro atoms. The van der Waals surface area contributed by atoms with Gasteiger partial charge in [0.05, 0.1) is 21.5 Å². The molecule has 1 saturated carbocycles. The number of halogens is 2. The lowest BCUT2D eigenvalue weighted by molar-refractivity contribution is -0.126. The van der Waals surface area contributed by atoms with Gasteiger partial charge >= 0.3 is 5.69 Å². The topological polar surface area (TPSA) is 131 Å². The van der Waals surface area contributed by atoms with Crippen molar-refractivity contribution in [1.29, 1.82) is 0 Å². The minimum absolute atomic E-state index is 0.00551. The van der Waals surface area contributed by atoms with E-state index in [2.05, 4.69) is 16.5 Å². The van der Waals surface area contributed by atoms with Gasteiger partial charge in [-0.05, 0) is 61.6 Å². The number of hydrogen-bond acceptors (Lipinski definition) is 8. The molecule has 228 valence electrons. The predicted octanol–water partition coefficient (Wildman–Crippen LogP) is 3.81. The van der Waals surface area contributed by atoms with Crippen LogP contribution in [0.25, 0.3) is 28.0 Å². The van der Waals surface area contributed by atoms with E-state index in [1.807, 2.05) is 6.92 Å². The Hall–Kier alpha value is -4.65. The summed E-state index contributed by atoms with van der Waals surface area (Å²) in [5, 5.41) is 0.112. The molecule has 2 N–H and O–H groups in total. The highest BCUT2D eigenvalue weighted by Crippen LogP contribution is 2.45. The van der Waals surface area contributed by atoms with E-state index in [4.69, 9.17) is 5.73 Å². The molecular weight excluding hydrogens is 590 g/mol. The van der Waals surface area contributed by atoms with Crippen molar-refractivity contribution in [2.75, 3.05) is 36.5 Å². The standard InChI is InChI=1S/C31H30F2N6O4S/c1-4-25(40)37-13-14-38(17(2)16-37)29-20-15-22(33)27(26-21(32)8-6-9-23(26)34)35-30(20)39(31(41)36-29)28-19(18-11-12-18)7-5-10-24(28)44(3,42)43/h4-10,15,17-18H,1,11-14,16,34H2,2-3H3/t17-/m0/s1. The van der Waals surface area contributed by atoms with Gasteiger partial charge in [0.15, 0.2) is 21.3 Å². The van der Waals surface area contributed by atoms with Crippen molar-refractivity contribution in [2.24, 2.45) is 0 Å². The molecule has 1 saturated heterocycles. The summed E-state index contributed by atoms with van der Waals surface area (Å²) >= 11 is 0. The van der Waals surface area contributed by atoms with E-state index in [0.29, 0.717) is 18.7 Å². The number of para-hydroxylation sites is 1. The number of pyridine rings is 1. The molecule has 1 atom stereocenters. The Morgan fingerprint density at radius 3 is 2.45 bits per heavy atom. The number of piperazine rings is 1. The summed E-state index contributed by atoms with van der Waals surface area (Å²) in [6.07, 6.45) is 3.86. The van der Waals surface area contributed by atoms with Gasteiger partial charge in [0, 0.05) is 37.6 Å². The Morgan fingerprint density at radius 2 is 1.82 bits per heavy atom. The molecule has 3 heterocycles. The number of nitrogens with two attached hydrogens (primary N) is 1. The van der Waals surface area contributed by atoms with Crippen LogP contribution in [0.4, 0.5) is 20.3 Å². The van der Waals surface area contributed by atoms with Crippen LogP contribution in [0.1, 0.15) is 31.2 Å². The highest BCUT2D eigenvalue weighted by atomic mass is 32.2. The first-order valence-electron chi connectivity index (χ1n) is 14.1. The fraction of sp³-hybridized carbons (Fsp3) is 0.290. The van der Waals surface area contributed by atoms with Gasteiger partial charge in [-0.3, -0.25) is 4.79 Å². The van der Waals surface area contributed by atoms with Crippen LogP contribution in [0.2, 0.25) is 0 Å². The third-order valence-electron chi connectivity index (χ3n) is 8.14. The van der Waals surface area contributed by atoms with Gasteiger partial charge in [-0.2, -0.15) is 4.98 Å². The number of carbonyl (C=O) groups is 1. The molecule has 0 unspecified atom stereocenters. The van der Waals surface area contributed by atoms with Crippen molar-refractivity contribution in [2.45, 2.75) is 36.6 Å². The Bertz CT molecular complexity index is 2010. The zero-order valence-electron chi connectivity index (χ0n) is 24.1. The maximum atomic E-state index is 16.0. The molecule has 6 rings (SSSR count). The molecule has 1 aliphatic carbocycles. The van der Waals surface area contributed by atoms with Crippen molar-refractivity contribution in [1.82, 2.24) is 19.4 Å². The number of hydrogen-bond donors (Lipinski definition) is 1. The molecule has 13 heteroatoms. The minimum Gasteiger partial charge on any atom is -0.398 e. The van der Waals surface area contributed by atoms with Gasteiger partial charge in [-0.1, -0.05) is 24.8 Å². The molecule has 1 amide bonds. The van der Waals surface area contributed by atoms with Crippen molar-refractivity contribution in [3.63, 3.8) is 0 Å². The summed E-state index contributed by atoms with van der Waals surface area (Å²) in [5.41, 5.74) is 5.04. The first-order chi connectivity index (χ1) is 20.9. The fourth-order valence-electron chi connectivity index (χ4n) is 5.90. The first-order valence-corrected chi connectivity index (χ1v) is 16.0. The molecular formula is C31H30F2N6O4S. The smallest absolute Gasteiger partial charge is 0.355 e. The van der Waals surface area contributed by atoms with Crippen LogP contribution in [0.3, 0.4) is 0 Å². The van der Waals surface area contributed by atoms with Crippen LogP contribution < -0.4 is 16.3 Å². The minimum atomic E-state index is -3.86. The SMILES string of the molecule is C=CC(=O)N1CCN(c2nc(=O)n(-c3c(C4CC4)cccc3S(C)(=O)=O)c3nc(-c4c(N)cccc4F)c(F)cc23)[C@@H](C)C1. The second-order valence-electron chi connectivity index (χ2n) is 11.2. The van der Waals surface area contributed by atoms with E-state index in [0.717, 1.165) is 35.8 Å². The van der Waals surface area contributed by atoms with Crippen LogP contribution >= 0.6 is 0 Å². The predicted molar refractivity (Wildman–Crippen MR) is 164 cm³/mol. The zero-order chi connectivity index (χ0) is 31.5. The third kappa shape index (κ3) is 5.00. The summed E-state index contributed by atoms with van der Waals surface area (Å²) in [6, 6.07) is 9.47. The highest BCUT2D eigenvalue weighted by Gasteiger charge is 2.34. The van der Waals surface area contributed by atoms with Gasteiger partial charge in [-0.25, -0.2) is 31.5 Å². The summed E-state index contributed by atoms with van der Waals surface area (Å²) < 4.78 is 58.2. The summed E-state index contributed by atoms with van der Waals surface area (Å²) in [5.74, 6) is -1.84. The van der Waals surface area contributed by atoms with Crippen LogP contribution in [-0.4, -0.2) is 65.7 Å². The molecule has 2 fully saturated rings. The van der Waals surface area contributed by atoms with E-state index in [-0.39, 0.29) is 63.1 Å². The lowest BCUT2D eigenvalue weighted by atomic mass is 10.1. The van der Waals surface area contributed by atoms with E-state index in [1.54, 1.807) is 21.9 Å². The van der Waals surface area contributed by atoms with E-state index < -0.39 is 32.9 Å². The Morgan fingerprint density at radius 1 is 1.09 bits per heavy atom. The molecule has 10 nitrogen and oxygen atoms in total. The number of amides is 1. The first kappa shape index (κ1) is 29.4. The molecule has 2 aliphatic rings. The van der Waals surface area contributed by atoms with Crippen LogP contribution in [-0.2, 0) is 14.6 Å². The second kappa shape index (κ2) is 10.8. The fourth-order valence-corrected chi connectivity index (χ4v) is 6.78. The van der Waals surface area contributed by atoms with Crippen molar-refractivity contribution >= 4 is 38.3 Å². The number of aromatic nitrogens is 3. The molecule has 0 bridgehead atoms. The lowest BCUT2D eigenvalue weighted by Gasteiger charge is -2.40. The number of nitrogens with zero attached hydrogens (tertiary/aromatic N) is 5. The molecule has 44 heavy (non-hydrogen) atoms. The summed E-state index contributed by atoms with van der Waals surface area (Å²) in [7, 11) is -3.86. The number of nitrogen functional groups attached to an aromatic ring is 1. The normalized spacial score (nSPS) is 17.2. The number of carbonyl (C=O) groups excluding carboxylic acids is 1. The van der Waals surface area contributed by atoms with E-state index in [1.165, 1.54) is 24.3 Å². The molecule has 0 radical (unpaired) electrons. The zero-order valence-corrected chi connectivity index (χ0v) is 24.9. The van der Waals surface area contributed by atoms with Crippen LogP contribution in [0.15, 0.2) is 64.8 Å². The van der Waals surface area contributed by atoms with Gasteiger partial charge in [0.2, 0.25) is 5.91 Å². The number of anilines is 2. The van der Waals surface area contributed by atoms with E-state index >= 15 is 8.78 Å². The second-order valence-corrected chi connectivity index (χ2v) is 13.2. The third-order valence-corrected chi connectivity index (χ3v) is 9.27. The average molecular weight is 621 g/mol. The maximum absolute atomic E-state index is 16.0. The van der Waals surface area contributed by atoms with Crippen molar-refractivity contribution < 1.29 is 22.0 Å². The number of rotatable bonds is 6. The average Bonchev–Trinajstić information content (AvgIpc) is 3.82. The lowest BCUT2D eigenvalue weighted by Crippen LogP contribution is -2.54. The number of sulfone groups is 1. The molecule has 1 aliphatic heterocycles. The summed E-state index contributed by atoms with van der Waals surface area (Å²) in [6.45, 7) is 6.23. The van der Waals surface area contributed by atoms with Gasteiger partial charge in [-0.15, -0.1) is 0 Å². The largest absolute Gasteiger partial charge is 0.398 e. The quantitative estimate of drug-likeness (QED) is 0.254. The summed E-state index contributed by atoms with van der Waals surface area (Å²) in [4.78, 5) is 38.5. The van der Waals surface area contributed by atoms with Crippen LogP contribution in [0, 0.1) is 11.6 Å². The van der Waals surface area contributed by atoms with Crippen molar-refractivity contribution in [3.8, 4) is 16.9 Å². The Kier molecular flexibility index (Phi) is 7.23. The Balaban J connectivity index is 1.69. The Labute approximate surface area is 252 Å². The molecule has 2 aromatic heterocycles. The van der Waals surface area contributed by atoms with Gasteiger partial charge in [0.25, 0.3) is 0 Å². The number of benzene rings is 2. The van der Waals surface area contributed by atoms with E-state index in [9.17, 15) is 18.0 Å². The van der Waals surface area contributed by atoms with Crippen molar-refractivity contribution in [3.05, 3.63) is 82.8 Å². The van der Waals surface area contributed by atoms with Crippen LogP contribution in [0.5, 0.6) is 0 Å². The maximum Gasteiger partial charge on any atom is 0.355 e. The molecule has 4 aromatic rings. The van der Waals surface area contributed by atoms with Gasteiger partial charge < -0.3 is 15.5 Å². The van der Waals surface area contributed by atoms with Gasteiger partial charge in [0.1, 0.15) is 17.3 Å². The monoisotopic (exact) mass is 620 g/mol. The molecule has 2 aromatic carbocycles.